The van der Waals surface area contributed by atoms with Gasteiger partial charge in [0.15, 0.2) is 5.69 Å². The lowest BCUT2D eigenvalue weighted by Gasteiger charge is -2.14. The van der Waals surface area contributed by atoms with Gasteiger partial charge in [-0.2, -0.15) is 0 Å². The van der Waals surface area contributed by atoms with Gasteiger partial charge in [-0.05, 0) is 20.8 Å². The van der Waals surface area contributed by atoms with Crippen molar-refractivity contribution in [1.29, 1.82) is 0 Å². The van der Waals surface area contributed by atoms with Crippen LogP contribution in [0.4, 0.5) is 0 Å². The van der Waals surface area contributed by atoms with Crippen LogP contribution in [-0.4, -0.2) is 38.1 Å². The van der Waals surface area contributed by atoms with E-state index in [2.05, 4.69) is 10.3 Å². The van der Waals surface area contributed by atoms with E-state index < -0.39 is 18.0 Å². The number of carboxylic acid groups (broad SMARTS) is 1. The third-order valence-corrected chi connectivity index (χ3v) is 1.85. The van der Waals surface area contributed by atoms with Crippen molar-refractivity contribution < 1.29 is 19.4 Å². The third kappa shape index (κ3) is 2.56. The predicted molar refractivity (Wildman–Crippen MR) is 52.9 cm³/mol. The van der Waals surface area contributed by atoms with E-state index in [1.165, 1.54) is 6.92 Å². The second-order valence-electron chi connectivity index (χ2n) is 3.53. The first-order valence-corrected chi connectivity index (χ1v) is 4.77. The van der Waals surface area contributed by atoms with Crippen molar-refractivity contribution in [3.8, 4) is 0 Å². The first kappa shape index (κ1) is 12.2. The Labute approximate surface area is 92.0 Å². The zero-order chi connectivity index (χ0) is 12.3. The molecule has 0 fully saturated rings. The van der Waals surface area contributed by atoms with Crippen molar-refractivity contribution in [3.05, 3.63) is 11.9 Å². The molecule has 88 valence electrons. The van der Waals surface area contributed by atoms with E-state index in [4.69, 9.17) is 9.84 Å². The van der Waals surface area contributed by atoms with E-state index in [0.717, 1.165) is 10.9 Å². The van der Waals surface area contributed by atoms with Gasteiger partial charge < -0.3 is 9.84 Å². The average molecular weight is 227 g/mol. The molecular weight excluding hydrogens is 214 g/mol. The van der Waals surface area contributed by atoms with Crippen LogP contribution in [0.2, 0.25) is 0 Å². The quantitative estimate of drug-likeness (QED) is 0.752. The van der Waals surface area contributed by atoms with E-state index in [9.17, 15) is 9.59 Å². The number of aromatic nitrogens is 3. The van der Waals surface area contributed by atoms with Gasteiger partial charge in [-0.25, -0.2) is 14.3 Å². The Hall–Kier alpha value is -1.92. The molecule has 1 heterocycles. The van der Waals surface area contributed by atoms with Gasteiger partial charge in [0.1, 0.15) is 6.04 Å². The summed E-state index contributed by atoms with van der Waals surface area (Å²) in [6.45, 7) is 4.93. The van der Waals surface area contributed by atoms with E-state index in [-0.39, 0.29) is 11.8 Å². The lowest BCUT2D eigenvalue weighted by Crippen LogP contribution is -2.25. The number of rotatable bonds is 4. The fourth-order valence-electron chi connectivity index (χ4n) is 1.11. The molecule has 0 aliphatic carbocycles. The number of aromatic carboxylic acids is 1. The number of nitrogens with zero attached hydrogens (tertiary/aromatic N) is 3. The van der Waals surface area contributed by atoms with Gasteiger partial charge in [0.2, 0.25) is 0 Å². The van der Waals surface area contributed by atoms with Crippen LogP contribution in [0.5, 0.6) is 0 Å². The molecule has 0 spiro atoms. The minimum atomic E-state index is -1.19. The zero-order valence-electron chi connectivity index (χ0n) is 9.25. The van der Waals surface area contributed by atoms with Crippen LogP contribution in [0.3, 0.4) is 0 Å². The average Bonchev–Trinajstić information content (AvgIpc) is 2.63. The Morgan fingerprint density at radius 3 is 2.56 bits per heavy atom. The summed E-state index contributed by atoms with van der Waals surface area (Å²) in [4.78, 5) is 22.3. The van der Waals surface area contributed by atoms with Crippen LogP contribution in [-0.2, 0) is 9.53 Å². The minimum absolute atomic E-state index is 0.145. The molecule has 0 bridgehead atoms. The predicted octanol–water partition coefficient (Wildman–Crippen LogP) is 0.489. The summed E-state index contributed by atoms with van der Waals surface area (Å²) < 4.78 is 5.97. The summed E-state index contributed by atoms with van der Waals surface area (Å²) in [5.74, 6) is -1.72. The number of hydrogen-bond acceptors (Lipinski definition) is 5. The Morgan fingerprint density at radius 2 is 2.06 bits per heavy atom. The molecular formula is C9H13N3O4. The van der Waals surface area contributed by atoms with Gasteiger partial charge in [0.05, 0.1) is 12.3 Å². The summed E-state index contributed by atoms with van der Waals surface area (Å²) in [6.07, 6.45) is 0.827. The normalized spacial score (nSPS) is 12.5. The number of hydrogen-bond donors (Lipinski definition) is 1. The van der Waals surface area contributed by atoms with E-state index in [1.54, 1.807) is 13.8 Å². The smallest absolute Gasteiger partial charge is 0.355 e. The maximum absolute atomic E-state index is 11.5. The summed E-state index contributed by atoms with van der Waals surface area (Å²) in [7, 11) is 0. The highest BCUT2D eigenvalue weighted by Gasteiger charge is 2.23. The number of carboxylic acids is 1. The standard InChI is InChI=1S/C9H13N3O4/c1-5(2)16-9(15)6(3)12-7(8(13)14)4-10-11-12/h4-6H,1-3H3,(H,13,14). The highest BCUT2D eigenvalue weighted by molar-refractivity contribution is 5.86. The molecule has 1 aromatic rings. The molecule has 0 aliphatic rings. The minimum Gasteiger partial charge on any atom is -0.476 e. The van der Waals surface area contributed by atoms with Gasteiger partial charge >= 0.3 is 11.9 Å². The van der Waals surface area contributed by atoms with Crippen LogP contribution in [0.1, 0.15) is 37.3 Å². The third-order valence-electron chi connectivity index (χ3n) is 1.85. The van der Waals surface area contributed by atoms with E-state index >= 15 is 0 Å². The molecule has 16 heavy (non-hydrogen) atoms. The fraction of sp³-hybridized carbons (Fsp3) is 0.556. The molecule has 0 aliphatic heterocycles. The summed E-state index contributed by atoms with van der Waals surface area (Å²) in [5.41, 5.74) is -0.145. The zero-order valence-corrected chi connectivity index (χ0v) is 9.25. The first-order chi connectivity index (χ1) is 7.43. The monoisotopic (exact) mass is 227 g/mol. The van der Waals surface area contributed by atoms with E-state index in [1.807, 2.05) is 0 Å². The fourth-order valence-corrected chi connectivity index (χ4v) is 1.11. The first-order valence-electron chi connectivity index (χ1n) is 4.77. The van der Waals surface area contributed by atoms with E-state index in [0.29, 0.717) is 0 Å². The summed E-state index contributed by atoms with van der Waals surface area (Å²) >= 11 is 0. The van der Waals surface area contributed by atoms with Crippen LogP contribution < -0.4 is 0 Å². The topological polar surface area (TPSA) is 94.3 Å². The molecule has 7 heteroatoms. The van der Waals surface area contributed by atoms with Crippen molar-refractivity contribution >= 4 is 11.9 Å². The van der Waals surface area contributed by atoms with Crippen molar-refractivity contribution in [3.63, 3.8) is 0 Å². The van der Waals surface area contributed by atoms with Crippen molar-refractivity contribution in [1.82, 2.24) is 15.0 Å². The second kappa shape index (κ2) is 4.73. The largest absolute Gasteiger partial charge is 0.476 e. The summed E-state index contributed by atoms with van der Waals surface area (Å²) in [6, 6.07) is -0.809. The Balaban J connectivity index is 2.87. The molecule has 1 N–H and O–H groups in total. The van der Waals surface area contributed by atoms with Crippen LogP contribution >= 0.6 is 0 Å². The Kier molecular flexibility index (Phi) is 3.60. The highest BCUT2D eigenvalue weighted by atomic mass is 16.5. The van der Waals surface area contributed by atoms with Crippen molar-refractivity contribution in [2.45, 2.75) is 32.9 Å². The molecule has 0 amide bonds. The van der Waals surface area contributed by atoms with Crippen LogP contribution in [0, 0.1) is 0 Å². The number of esters is 1. The number of ether oxygens (including phenoxy) is 1. The van der Waals surface area contributed by atoms with Gasteiger partial charge in [-0.15, -0.1) is 5.10 Å². The molecule has 0 saturated heterocycles. The molecule has 1 unspecified atom stereocenters. The van der Waals surface area contributed by atoms with Crippen LogP contribution in [0.15, 0.2) is 6.20 Å². The van der Waals surface area contributed by atoms with Crippen LogP contribution in [0.25, 0.3) is 0 Å². The van der Waals surface area contributed by atoms with Gasteiger partial charge in [-0.3, -0.25) is 0 Å². The van der Waals surface area contributed by atoms with Gasteiger partial charge in [0.25, 0.3) is 0 Å². The van der Waals surface area contributed by atoms with Gasteiger partial charge in [-0.1, -0.05) is 5.21 Å². The Bertz CT molecular complexity index is 399. The molecule has 7 nitrogen and oxygen atoms in total. The molecule has 1 rings (SSSR count). The van der Waals surface area contributed by atoms with Gasteiger partial charge in [0, 0.05) is 0 Å². The molecule has 0 saturated carbocycles. The van der Waals surface area contributed by atoms with Crippen molar-refractivity contribution in [2.75, 3.05) is 0 Å². The maximum atomic E-state index is 11.5. The van der Waals surface area contributed by atoms with Crippen molar-refractivity contribution in [2.24, 2.45) is 0 Å². The Morgan fingerprint density at radius 1 is 1.44 bits per heavy atom. The lowest BCUT2D eigenvalue weighted by atomic mass is 10.3. The lowest BCUT2D eigenvalue weighted by molar-refractivity contribution is -0.151. The molecule has 0 radical (unpaired) electrons. The molecule has 0 aromatic carbocycles. The SMILES string of the molecule is CC(C)OC(=O)C(C)n1nncc1C(=O)O. The number of carbonyl (C=O) groups excluding carboxylic acids is 1. The second-order valence-corrected chi connectivity index (χ2v) is 3.53. The maximum Gasteiger partial charge on any atom is 0.355 e. The highest BCUT2D eigenvalue weighted by Crippen LogP contribution is 2.10. The molecule has 1 aromatic heterocycles. The summed E-state index contributed by atoms with van der Waals surface area (Å²) in [5, 5.41) is 15.8. The number of carbonyl (C=O) groups is 2. The molecule has 1 atom stereocenters.